The van der Waals surface area contributed by atoms with Gasteiger partial charge in [0.05, 0.1) is 16.1 Å². The van der Waals surface area contributed by atoms with Gasteiger partial charge in [-0.3, -0.25) is 19.3 Å². The molecule has 0 saturated carbocycles. The predicted molar refractivity (Wildman–Crippen MR) is 97.6 cm³/mol. The number of anilines is 1. The van der Waals surface area contributed by atoms with E-state index >= 15 is 0 Å². The molecule has 130 valence electrons. The first-order valence-corrected chi connectivity index (χ1v) is 8.71. The number of nitrogens with one attached hydrogen (secondary N) is 1. The highest BCUT2D eigenvalue weighted by Gasteiger charge is 2.32. The maximum absolute atomic E-state index is 13.4. The summed E-state index contributed by atoms with van der Waals surface area (Å²) in [5.74, 6) is -1.68. The van der Waals surface area contributed by atoms with Gasteiger partial charge in [-0.25, -0.2) is 4.39 Å². The van der Waals surface area contributed by atoms with Crippen LogP contribution in [0.2, 0.25) is 5.02 Å². The molecule has 0 spiro atoms. The van der Waals surface area contributed by atoms with Crippen LogP contribution in [0, 0.1) is 5.82 Å². The number of fused-ring (bicyclic) bond motifs is 2. The summed E-state index contributed by atoms with van der Waals surface area (Å²) in [5.41, 5.74) is 0.899. The molecule has 8 heteroatoms. The summed E-state index contributed by atoms with van der Waals surface area (Å²) < 4.78 is 13.9. The van der Waals surface area contributed by atoms with Crippen LogP contribution < -0.4 is 5.32 Å². The van der Waals surface area contributed by atoms with Crippen LogP contribution in [-0.4, -0.2) is 29.7 Å². The summed E-state index contributed by atoms with van der Waals surface area (Å²) in [4.78, 5) is 37.8. The van der Waals surface area contributed by atoms with Crippen LogP contribution in [-0.2, 0) is 0 Å². The van der Waals surface area contributed by atoms with Gasteiger partial charge in [0.15, 0.2) is 0 Å². The fourth-order valence-corrected chi connectivity index (χ4v) is 4.25. The standard InChI is InChI=1S/C18H10ClFN2O3S/c1-22-17(24)10-5-3-9(7-12(10)18(22)25)21-16(23)15-14(19)11-4-2-8(20)6-13(11)26-15/h2-7H,1H3,(H,21,23). The minimum atomic E-state index is -0.471. The van der Waals surface area contributed by atoms with E-state index in [1.165, 1.54) is 37.4 Å². The van der Waals surface area contributed by atoms with Crippen LogP contribution in [0.1, 0.15) is 30.4 Å². The van der Waals surface area contributed by atoms with Gasteiger partial charge in [-0.1, -0.05) is 11.6 Å². The number of thiophene rings is 1. The lowest BCUT2D eigenvalue weighted by molar-refractivity contribution is 0.0692. The van der Waals surface area contributed by atoms with E-state index in [1.54, 1.807) is 6.07 Å². The van der Waals surface area contributed by atoms with E-state index < -0.39 is 17.6 Å². The molecule has 1 aliphatic heterocycles. The molecule has 5 nitrogen and oxygen atoms in total. The predicted octanol–water partition coefficient (Wildman–Crippen LogP) is 4.17. The molecule has 0 atom stereocenters. The number of halogens is 2. The van der Waals surface area contributed by atoms with Crippen molar-refractivity contribution in [2.45, 2.75) is 0 Å². The highest BCUT2D eigenvalue weighted by atomic mass is 35.5. The van der Waals surface area contributed by atoms with E-state index in [2.05, 4.69) is 5.32 Å². The molecule has 0 unspecified atom stereocenters. The Balaban J connectivity index is 1.67. The van der Waals surface area contributed by atoms with Crippen LogP contribution in [0.25, 0.3) is 10.1 Å². The molecular weight excluding hydrogens is 379 g/mol. The van der Waals surface area contributed by atoms with Crippen molar-refractivity contribution in [3.8, 4) is 0 Å². The Labute approximate surface area is 156 Å². The largest absolute Gasteiger partial charge is 0.321 e. The monoisotopic (exact) mass is 388 g/mol. The SMILES string of the molecule is CN1C(=O)c2ccc(NC(=O)c3sc4cc(F)ccc4c3Cl)cc2C1=O. The number of carbonyl (C=O) groups excluding carboxylic acids is 3. The Hall–Kier alpha value is -2.77. The molecule has 0 radical (unpaired) electrons. The quantitative estimate of drug-likeness (QED) is 0.670. The molecule has 0 bridgehead atoms. The zero-order valence-corrected chi connectivity index (χ0v) is 14.9. The van der Waals surface area contributed by atoms with Crippen LogP contribution in [0.15, 0.2) is 36.4 Å². The van der Waals surface area contributed by atoms with Crippen LogP contribution in [0.4, 0.5) is 10.1 Å². The fraction of sp³-hybridized carbons (Fsp3) is 0.0556. The average Bonchev–Trinajstić information content (AvgIpc) is 3.05. The lowest BCUT2D eigenvalue weighted by Crippen LogP contribution is -2.24. The van der Waals surface area contributed by atoms with Gasteiger partial charge in [-0.2, -0.15) is 0 Å². The third kappa shape index (κ3) is 2.48. The minimum absolute atomic E-state index is 0.236. The second-order valence-corrected chi connectivity index (χ2v) is 7.20. The number of hydrogen-bond acceptors (Lipinski definition) is 4. The van der Waals surface area contributed by atoms with Gasteiger partial charge in [-0.15, -0.1) is 11.3 Å². The maximum Gasteiger partial charge on any atom is 0.267 e. The topological polar surface area (TPSA) is 66.5 Å². The summed E-state index contributed by atoms with van der Waals surface area (Å²) in [6.07, 6.45) is 0. The van der Waals surface area contributed by atoms with Crippen molar-refractivity contribution in [1.29, 1.82) is 0 Å². The zero-order valence-electron chi connectivity index (χ0n) is 13.3. The van der Waals surface area contributed by atoms with E-state index in [4.69, 9.17) is 11.6 Å². The Morgan fingerprint density at radius 2 is 1.85 bits per heavy atom. The zero-order chi connectivity index (χ0) is 18.6. The summed E-state index contributed by atoms with van der Waals surface area (Å²) >= 11 is 7.33. The van der Waals surface area contributed by atoms with E-state index in [-0.39, 0.29) is 21.4 Å². The smallest absolute Gasteiger partial charge is 0.267 e. The number of hydrogen-bond donors (Lipinski definition) is 1. The van der Waals surface area contributed by atoms with Crippen molar-refractivity contribution >= 4 is 56.4 Å². The van der Waals surface area contributed by atoms with Crippen LogP contribution in [0.3, 0.4) is 0 Å². The average molecular weight is 389 g/mol. The van der Waals surface area contributed by atoms with Gasteiger partial charge in [0, 0.05) is 22.8 Å². The second kappa shape index (κ2) is 5.89. The van der Waals surface area contributed by atoms with Crippen molar-refractivity contribution in [3.63, 3.8) is 0 Å². The highest BCUT2D eigenvalue weighted by molar-refractivity contribution is 7.21. The molecule has 1 N–H and O–H groups in total. The molecule has 26 heavy (non-hydrogen) atoms. The van der Waals surface area contributed by atoms with Gasteiger partial charge < -0.3 is 5.32 Å². The molecule has 2 heterocycles. The molecule has 0 saturated heterocycles. The van der Waals surface area contributed by atoms with Gasteiger partial charge in [0.2, 0.25) is 0 Å². The van der Waals surface area contributed by atoms with Gasteiger partial charge >= 0.3 is 0 Å². The number of amides is 3. The lowest BCUT2D eigenvalue weighted by atomic mass is 10.1. The van der Waals surface area contributed by atoms with Crippen molar-refractivity contribution in [3.05, 3.63) is 63.2 Å². The molecule has 1 aromatic heterocycles. The molecule has 3 aromatic rings. The summed E-state index contributed by atoms with van der Waals surface area (Å²) in [5, 5.41) is 3.51. The maximum atomic E-state index is 13.4. The van der Waals surface area contributed by atoms with Crippen LogP contribution >= 0.6 is 22.9 Å². The second-order valence-electron chi connectivity index (χ2n) is 5.77. The number of benzene rings is 2. The molecule has 3 amide bonds. The highest BCUT2D eigenvalue weighted by Crippen LogP contribution is 2.36. The van der Waals surface area contributed by atoms with Crippen molar-refractivity contribution in [2.24, 2.45) is 0 Å². The molecule has 0 aliphatic carbocycles. The van der Waals surface area contributed by atoms with E-state index in [0.717, 1.165) is 16.2 Å². The van der Waals surface area contributed by atoms with Crippen molar-refractivity contribution in [2.75, 3.05) is 12.4 Å². The number of nitrogens with zero attached hydrogens (tertiary/aromatic N) is 1. The van der Waals surface area contributed by atoms with Gasteiger partial charge in [0.1, 0.15) is 10.7 Å². The first-order chi connectivity index (χ1) is 12.4. The fourth-order valence-electron chi connectivity index (χ4n) is 2.81. The van der Waals surface area contributed by atoms with Crippen LogP contribution in [0.5, 0.6) is 0 Å². The van der Waals surface area contributed by atoms with E-state index in [0.29, 0.717) is 21.3 Å². The summed E-state index contributed by atoms with van der Waals surface area (Å²) in [7, 11) is 1.40. The number of rotatable bonds is 2. The molecular formula is C18H10ClFN2O3S. The Kier molecular flexibility index (Phi) is 3.78. The Morgan fingerprint density at radius 3 is 2.62 bits per heavy atom. The van der Waals surface area contributed by atoms with E-state index in [1.807, 2.05) is 0 Å². The number of carbonyl (C=O) groups is 3. The first-order valence-electron chi connectivity index (χ1n) is 7.52. The lowest BCUT2D eigenvalue weighted by Gasteiger charge is -2.05. The van der Waals surface area contributed by atoms with Crippen molar-refractivity contribution in [1.82, 2.24) is 4.90 Å². The normalized spacial score (nSPS) is 13.4. The number of imide groups is 1. The first kappa shape index (κ1) is 16.7. The Bertz CT molecular complexity index is 1130. The van der Waals surface area contributed by atoms with E-state index in [9.17, 15) is 18.8 Å². The van der Waals surface area contributed by atoms with Crippen molar-refractivity contribution < 1.29 is 18.8 Å². The van der Waals surface area contributed by atoms with Gasteiger partial charge in [0.25, 0.3) is 17.7 Å². The third-order valence-electron chi connectivity index (χ3n) is 4.15. The summed E-state index contributed by atoms with van der Waals surface area (Å²) in [6, 6.07) is 8.62. The third-order valence-corrected chi connectivity index (χ3v) is 5.80. The van der Waals surface area contributed by atoms with Gasteiger partial charge in [-0.05, 0) is 36.4 Å². The Morgan fingerprint density at radius 1 is 1.12 bits per heavy atom. The molecule has 2 aromatic carbocycles. The summed E-state index contributed by atoms with van der Waals surface area (Å²) in [6.45, 7) is 0. The molecule has 1 aliphatic rings. The minimum Gasteiger partial charge on any atom is -0.321 e. The molecule has 0 fully saturated rings. The molecule has 4 rings (SSSR count).